The van der Waals surface area contributed by atoms with Crippen molar-refractivity contribution < 1.29 is 17.3 Å². The molecule has 0 aromatic heterocycles. The van der Waals surface area contributed by atoms with Gasteiger partial charge in [0.05, 0.1) is 12.7 Å². The van der Waals surface area contributed by atoms with Crippen LogP contribution in [0.3, 0.4) is 0 Å². The molecule has 1 unspecified atom stereocenters. The predicted octanol–water partition coefficient (Wildman–Crippen LogP) is 0.837. The number of halogens is 1. The third-order valence-electron chi connectivity index (χ3n) is 3.49. The number of quaternary nitrogens is 1. The van der Waals surface area contributed by atoms with Crippen molar-refractivity contribution in [2.24, 2.45) is 0 Å². The van der Waals surface area contributed by atoms with E-state index in [0.717, 1.165) is 0 Å². The molecule has 0 saturated carbocycles. The summed E-state index contributed by atoms with van der Waals surface area (Å²) in [6, 6.07) is 0. The molecule has 0 aromatic rings. The lowest BCUT2D eigenvalue weighted by Crippen LogP contribution is -3.01. The van der Waals surface area contributed by atoms with Crippen molar-refractivity contribution in [2.45, 2.75) is 71.6 Å². The summed E-state index contributed by atoms with van der Waals surface area (Å²) < 4.78 is 0. The van der Waals surface area contributed by atoms with Gasteiger partial charge in [0.1, 0.15) is 6.20 Å². The average molecular weight is 272 g/mol. The number of hydrogen-bond donors (Lipinski definition) is 1. The van der Waals surface area contributed by atoms with Gasteiger partial charge in [0.25, 0.3) is 0 Å². The molecule has 0 fully saturated rings. The smallest absolute Gasteiger partial charge is 0.102 e. The lowest BCUT2D eigenvalue weighted by atomic mass is 10.1. The van der Waals surface area contributed by atoms with Crippen molar-refractivity contribution in [1.82, 2.24) is 0 Å². The number of unbranched alkanes of at least 4 members (excludes halogenated alkanes) is 6. The zero-order chi connectivity index (χ0) is 12.3. The highest BCUT2D eigenvalue weighted by Gasteiger charge is 2.09. The Morgan fingerprint density at radius 3 is 2.22 bits per heavy atom. The molecule has 0 aliphatic carbocycles. The Morgan fingerprint density at radius 1 is 0.889 bits per heavy atom. The fraction of sp³-hybridized carbons (Fsp3) is 0.750. The number of allylic oxidation sites excluding steroid dienone is 2. The Hall–Kier alpha value is -0.270. The quantitative estimate of drug-likeness (QED) is 0.562. The molecule has 2 heteroatoms. The third kappa shape index (κ3) is 7.94. The first-order valence-electron chi connectivity index (χ1n) is 7.61. The fourth-order valence-corrected chi connectivity index (χ4v) is 2.43. The second-order valence-corrected chi connectivity index (χ2v) is 5.25. The monoisotopic (exact) mass is 271 g/mol. The number of hydrogen-bond acceptors (Lipinski definition) is 0. The molecule has 1 N–H and O–H groups in total. The van der Waals surface area contributed by atoms with Crippen LogP contribution in [0.1, 0.15) is 71.6 Å². The van der Waals surface area contributed by atoms with Crippen molar-refractivity contribution in [3.8, 4) is 0 Å². The Morgan fingerprint density at radius 2 is 1.56 bits per heavy atom. The minimum absolute atomic E-state index is 0. The normalized spacial score (nSPS) is 17.7. The maximum Gasteiger partial charge on any atom is 0.102 e. The van der Waals surface area contributed by atoms with Gasteiger partial charge in [-0.1, -0.05) is 52.4 Å². The van der Waals surface area contributed by atoms with Crippen LogP contribution in [0.15, 0.2) is 24.0 Å². The largest absolute Gasteiger partial charge is 1.00 e. The van der Waals surface area contributed by atoms with Gasteiger partial charge in [-0.05, 0) is 19.3 Å². The van der Waals surface area contributed by atoms with E-state index in [2.05, 4.69) is 32.3 Å². The molecule has 1 aliphatic heterocycles. The van der Waals surface area contributed by atoms with Crippen molar-refractivity contribution >= 4 is 0 Å². The van der Waals surface area contributed by atoms with Crippen LogP contribution in [-0.4, -0.2) is 6.54 Å². The molecule has 1 nitrogen and oxygen atoms in total. The maximum absolute atomic E-state index is 2.40. The van der Waals surface area contributed by atoms with Crippen LogP contribution in [0.25, 0.3) is 0 Å². The lowest BCUT2D eigenvalue weighted by Gasteiger charge is -2.06. The fourth-order valence-electron chi connectivity index (χ4n) is 2.43. The Kier molecular flexibility index (Phi) is 11.6. The summed E-state index contributed by atoms with van der Waals surface area (Å²) in [5, 5.41) is 0. The van der Waals surface area contributed by atoms with E-state index >= 15 is 0 Å². The van der Waals surface area contributed by atoms with Crippen LogP contribution in [0, 0.1) is 0 Å². The van der Waals surface area contributed by atoms with Gasteiger partial charge < -0.3 is 12.4 Å². The van der Waals surface area contributed by atoms with E-state index in [9.17, 15) is 0 Å². The van der Waals surface area contributed by atoms with Gasteiger partial charge in [-0.15, -0.1) is 0 Å². The zero-order valence-electron chi connectivity index (χ0n) is 12.2. The van der Waals surface area contributed by atoms with Crippen molar-refractivity contribution in [3.05, 3.63) is 24.0 Å². The average Bonchev–Trinajstić information content (AvgIpc) is 2.76. The molecular formula is C16H30ClN. The molecule has 1 heterocycles. The Bertz CT molecular complexity index is 245. The lowest BCUT2D eigenvalue weighted by molar-refractivity contribution is -0.788. The summed E-state index contributed by atoms with van der Waals surface area (Å²) in [5.74, 6) is 0. The van der Waals surface area contributed by atoms with Gasteiger partial charge in [0.2, 0.25) is 0 Å². The van der Waals surface area contributed by atoms with Crippen LogP contribution < -0.4 is 17.3 Å². The van der Waals surface area contributed by atoms with E-state index in [1.54, 1.807) is 4.90 Å². The summed E-state index contributed by atoms with van der Waals surface area (Å²) in [5.41, 5.74) is 1.53. The summed E-state index contributed by atoms with van der Waals surface area (Å²) in [7, 11) is 0. The second-order valence-electron chi connectivity index (χ2n) is 5.25. The summed E-state index contributed by atoms with van der Waals surface area (Å²) in [6.07, 6.45) is 19.4. The van der Waals surface area contributed by atoms with E-state index in [1.807, 2.05) is 0 Å². The minimum Gasteiger partial charge on any atom is -1.00 e. The SMILES string of the molecule is CCCCCCCCC[NH+]1C=CC(CCC)=C1.[Cl-]. The first-order chi connectivity index (χ1) is 8.36. The van der Waals surface area contributed by atoms with E-state index in [4.69, 9.17) is 0 Å². The Labute approximate surface area is 120 Å². The van der Waals surface area contributed by atoms with Gasteiger partial charge in [0, 0.05) is 11.6 Å². The van der Waals surface area contributed by atoms with Crippen molar-refractivity contribution in [3.63, 3.8) is 0 Å². The van der Waals surface area contributed by atoms with Gasteiger partial charge in [-0.2, -0.15) is 0 Å². The third-order valence-corrected chi connectivity index (χ3v) is 3.49. The highest BCUT2D eigenvalue weighted by molar-refractivity contribution is 5.17. The van der Waals surface area contributed by atoms with E-state index in [-0.39, 0.29) is 12.4 Å². The molecule has 0 radical (unpaired) electrons. The Balaban J connectivity index is 0.00000289. The van der Waals surface area contributed by atoms with Crippen LogP contribution >= 0.6 is 0 Å². The molecule has 0 aromatic carbocycles. The van der Waals surface area contributed by atoms with E-state index < -0.39 is 0 Å². The highest BCUT2D eigenvalue weighted by atomic mass is 35.5. The molecule has 0 bridgehead atoms. The standard InChI is InChI=1S/C16H29N.ClH/c1-3-5-6-7-8-9-10-13-17-14-12-16(15-17)11-4-2;/h12,14-15H,3-11,13H2,1-2H3;1H. The van der Waals surface area contributed by atoms with Gasteiger partial charge >= 0.3 is 0 Å². The van der Waals surface area contributed by atoms with Crippen LogP contribution in [-0.2, 0) is 0 Å². The van der Waals surface area contributed by atoms with E-state index in [1.165, 1.54) is 69.9 Å². The first-order valence-corrected chi connectivity index (χ1v) is 7.61. The summed E-state index contributed by atoms with van der Waals surface area (Å²) in [6.45, 7) is 5.82. The second kappa shape index (κ2) is 11.8. The topological polar surface area (TPSA) is 4.44 Å². The summed E-state index contributed by atoms with van der Waals surface area (Å²) >= 11 is 0. The van der Waals surface area contributed by atoms with Crippen molar-refractivity contribution in [2.75, 3.05) is 6.54 Å². The molecule has 1 rings (SSSR count). The van der Waals surface area contributed by atoms with Gasteiger partial charge in [-0.3, -0.25) is 4.90 Å². The molecular weight excluding hydrogens is 242 g/mol. The molecule has 0 amide bonds. The molecule has 0 saturated heterocycles. The maximum atomic E-state index is 2.40. The van der Waals surface area contributed by atoms with Gasteiger partial charge in [-0.25, -0.2) is 0 Å². The number of rotatable bonds is 10. The predicted molar refractivity (Wildman–Crippen MR) is 76.0 cm³/mol. The van der Waals surface area contributed by atoms with Gasteiger partial charge in [0.15, 0.2) is 0 Å². The molecule has 1 aliphatic rings. The minimum atomic E-state index is 0. The molecule has 18 heavy (non-hydrogen) atoms. The van der Waals surface area contributed by atoms with Crippen LogP contribution in [0.4, 0.5) is 0 Å². The number of nitrogens with one attached hydrogen (secondary N) is 1. The molecule has 1 atom stereocenters. The van der Waals surface area contributed by atoms with Crippen LogP contribution in [0.5, 0.6) is 0 Å². The summed E-state index contributed by atoms with van der Waals surface area (Å²) in [4.78, 5) is 1.56. The zero-order valence-corrected chi connectivity index (χ0v) is 12.9. The first kappa shape index (κ1) is 17.7. The van der Waals surface area contributed by atoms with Crippen LogP contribution in [0.2, 0.25) is 0 Å². The highest BCUT2D eigenvalue weighted by Crippen LogP contribution is 2.07. The van der Waals surface area contributed by atoms with E-state index in [0.29, 0.717) is 0 Å². The molecule has 106 valence electrons. The van der Waals surface area contributed by atoms with Crippen molar-refractivity contribution in [1.29, 1.82) is 0 Å². The molecule has 0 spiro atoms.